The van der Waals surface area contributed by atoms with E-state index in [0.29, 0.717) is 12.0 Å². The smallest absolute Gasteiger partial charge is 0.269 e. The Morgan fingerprint density at radius 3 is 2.45 bits per heavy atom. The predicted octanol–water partition coefficient (Wildman–Crippen LogP) is 1.14. The van der Waals surface area contributed by atoms with Crippen LogP contribution in [0.5, 0.6) is 0 Å². The summed E-state index contributed by atoms with van der Waals surface area (Å²) >= 11 is 0. The van der Waals surface area contributed by atoms with E-state index >= 15 is 0 Å². The molecule has 0 saturated heterocycles. The van der Waals surface area contributed by atoms with E-state index in [0.717, 1.165) is 4.68 Å². The third-order valence-corrected chi connectivity index (χ3v) is 2.70. The van der Waals surface area contributed by atoms with Gasteiger partial charge in [0.1, 0.15) is 11.4 Å². The third kappa shape index (κ3) is 2.83. The van der Waals surface area contributed by atoms with E-state index in [1.165, 1.54) is 24.4 Å². The topological polar surface area (TPSA) is 86.9 Å². The highest BCUT2D eigenvalue weighted by molar-refractivity contribution is 5.90. The van der Waals surface area contributed by atoms with E-state index in [2.05, 4.69) is 5.10 Å². The lowest BCUT2D eigenvalue weighted by Gasteiger charge is -2.09. The van der Waals surface area contributed by atoms with Crippen LogP contribution in [0.1, 0.15) is 23.0 Å². The molecule has 106 valence electrons. The number of benzene rings is 1. The number of rotatable bonds is 4. The first kappa shape index (κ1) is 14.1. The molecule has 5 nitrogen and oxygen atoms in total. The lowest BCUT2D eigenvalue weighted by Crippen LogP contribution is -2.18. The summed E-state index contributed by atoms with van der Waals surface area (Å²) < 4.78 is 28.9. The van der Waals surface area contributed by atoms with Crippen molar-refractivity contribution in [2.45, 2.75) is 19.4 Å². The summed E-state index contributed by atoms with van der Waals surface area (Å²) in [6.07, 6.45) is 1.63. The Hall–Kier alpha value is -2.28. The summed E-state index contributed by atoms with van der Waals surface area (Å²) in [5, 5.41) is 3.73. The molecule has 7 heteroatoms. The number of halogens is 2. The second kappa shape index (κ2) is 5.38. The molecule has 4 N–H and O–H groups in total. The Labute approximate surface area is 114 Å². The molecular weight excluding hydrogens is 266 g/mol. The van der Waals surface area contributed by atoms with Gasteiger partial charge in [-0.25, -0.2) is 13.5 Å². The quantitative estimate of drug-likeness (QED) is 0.880. The minimum absolute atomic E-state index is 0.0662. The van der Waals surface area contributed by atoms with Gasteiger partial charge >= 0.3 is 0 Å². The molecule has 0 aliphatic rings. The van der Waals surface area contributed by atoms with Crippen molar-refractivity contribution in [3.63, 3.8) is 0 Å². The van der Waals surface area contributed by atoms with Gasteiger partial charge in [0.05, 0.1) is 0 Å². The Kier molecular flexibility index (Phi) is 3.80. The van der Waals surface area contributed by atoms with Crippen molar-refractivity contribution < 1.29 is 13.6 Å². The number of nitrogens with zero attached hydrogens (tertiary/aromatic N) is 2. The number of primary amides is 1. The number of hydrogen-bond donors (Lipinski definition) is 2. The van der Waals surface area contributed by atoms with Crippen LogP contribution in [-0.4, -0.2) is 21.7 Å². The Bertz CT molecular complexity index is 629. The normalized spacial score (nSPS) is 12.4. The maximum Gasteiger partial charge on any atom is 0.269 e. The van der Waals surface area contributed by atoms with Gasteiger partial charge in [-0.15, -0.1) is 0 Å². The SMILES string of the molecule is CC(N)Cc1cc(F)c(-n2ccc(C(N)=O)n2)c(F)c1. The van der Waals surface area contributed by atoms with Crippen molar-refractivity contribution in [3.8, 4) is 5.69 Å². The van der Waals surface area contributed by atoms with Crippen LogP contribution >= 0.6 is 0 Å². The molecule has 0 fully saturated rings. The van der Waals surface area contributed by atoms with Gasteiger partial charge in [0.15, 0.2) is 11.6 Å². The lowest BCUT2D eigenvalue weighted by molar-refractivity contribution is 0.0995. The molecule has 1 unspecified atom stereocenters. The number of aromatic nitrogens is 2. The molecule has 1 atom stereocenters. The summed E-state index contributed by atoms with van der Waals surface area (Å²) in [5.74, 6) is -2.32. The number of amides is 1. The largest absolute Gasteiger partial charge is 0.364 e. The van der Waals surface area contributed by atoms with Crippen LogP contribution in [0.4, 0.5) is 8.78 Å². The van der Waals surface area contributed by atoms with E-state index in [1.54, 1.807) is 6.92 Å². The zero-order chi connectivity index (χ0) is 14.9. The van der Waals surface area contributed by atoms with Crippen molar-refractivity contribution >= 4 is 5.91 Å². The van der Waals surface area contributed by atoms with E-state index in [1.807, 2.05) is 0 Å². The van der Waals surface area contributed by atoms with E-state index in [9.17, 15) is 13.6 Å². The fourth-order valence-electron chi connectivity index (χ4n) is 1.91. The molecule has 20 heavy (non-hydrogen) atoms. The molecule has 2 aromatic rings. The summed E-state index contributed by atoms with van der Waals surface area (Å²) in [7, 11) is 0. The molecule has 1 amide bonds. The zero-order valence-electron chi connectivity index (χ0n) is 10.8. The van der Waals surface area contributed by atoms with Crippen molar-refractivity contribution in [1.29, 1.82) is 0 Å². The van der Waals surface area contributed by atoms with Crippen LogP contribution in [0.25, 0.3) is 5.69 Å². The van der Waals surface area contributed by atoms with Gasteiger partial charge in [-0.1, -0.05) is 0 Å². The molecule has 0 spiro atoms. The van der Waals surface area contributed by atoms with Gasteiger partial charge < -0.3 is 11.5 Å². The maximum absolute atomic E-state index is 14.0. The number of carbonyl (C=O) groups is 1. The predicted molar refractivity (Wildman–Crippen MR) is 69.4 cm³/mol. The monoisotopic (exact) mass is 280 g/mol. The van der Waals surface area contributed by atoms with Crippen molar-refractivity contribution in [2.75, 3.05) is 0 Å². The average molecular weight is 280 g/mol. The van der Waals surface area contributed by atoms with E-state index in [-0.39, 0.29) is 17.4 Å². The molecule has 0 saturated carbocycles. The van der Waals surface area contributed by atoms with Crippen LogP contribution in [-0.2, 0) is 6.42 Å². The van der Waals surface area contributed by atoms with Crippen molar-refractivity contribution in [3.05, 3.63) is 47.3 Å². The van der Waals surface area contributed by atoms with Crippen LogP contribution in [0.2, 0.25) is 0 Å². The molecular formula is C13H14F2N4O. The maximum atomic E-state index is 14.0. The summed E-state index contributed by atoms with van der Waals surface area (Å²) in [4.78, 5) is 10.9. The lowest BCUT2D eigenvalue weighted by atomic mass is 10.1. The van der Waals surface area contributed by atoms with Gasteiger partial charge in [0, 0.05) is 12.2 Å². The highest BCUT2D eigenvalue weighted by Crippen LogP contribution is 2.20. The van der Waals surface area contributed by atoms with Crippen LogP contribution < -0.4 is 11.5 Å². The third-order valence-electron chi connectivity index (χ3n) is 2.70. The highest BCUT2D eigenvalue weighted by Gasteiger charge is 2.16. The number of carbonyl (C=O) groups excluding carboxylic acids is 1. The first-order chi connectivity index (χ1) is 9.38. The molecule has 0 bridgehead atoms. The minimum atomic E-state index is -0.778. The summed E-state index contributed by atoms with van der Waals surface area (Å²) in [6.45, 7) is 1.75. The van der Waals surface area contributed by atoms with Gasteiger partial charge in [0.25, 0.3) is 5.91 Å². The molecule has 1 aromatic carbocycles. The fraction of sp³-hybridized carbons (Fsp3) is 0.231. The van der Waals surface area contributed by atoms with Gasteiger partial charge in [-0.05, 0) is 37.1 Å². The highest BCUT2D eigenvalue weighted by atomic mass is 19.1. The van der Waals surface area contributed by atoms with Crippen LogP contribution in [0, 0.1) is 11.6 Å². The number of nitrogens with two attached hydrogens (primary N) is 2. The summed E-state index contributed by atoms with van der Waals surface area (Å²) in [5.41, 5.74) is 10.7. The Balaban J connectivity index is 2.43. The first-order valence-corrected chi connectivity index (χ1v) is 5.98. The molecule has 2 rings (SSSR count). The number of hydrogen-bond acceptors (Lipinski definition) is 3. The molecule has 0 aliphatic carbocycles. The fourth-order valence-corrected chi connectivity index (χ4v) is 1.91. The Morgan fingerprint density at radius 2 is 2.00 bits per heavy atom. The second-order valence-corrected chi connectivity index (χ2v) is 4.60. The zero-order valence-corrected chi connectivity index (χ0v) is 10.8. The van der Waals surface area contributed by atoms with E-state index < -0.39 is 17.5 Å². The molecule has 1 heterocycles. The van der Waals surface area contributed by atoms with Crippen LogP contribution in [0.15, 0.2) is 24.4 Å². The van der Waals surface area contributed by atoms with E-state index in [4.69, 9.17) is 11.5 Å². The van der Waals surface area contributed by atoms with Crippen LogP contribution in [0.3, 0.4) is 0 Å². The first-order valence-electron chi connectivity index (χ1n) is 5.98. The molecule has 0 radical (unpaired) electrons. The minimum Gasteiger partial charge on any atom is -0.364 e. The van der Waals surface area contributed by atoms with Gasteiger partial charge in [0.2, 0.25) is 0 Å². The second-order valence-electron chi connectivity index (χ2n) is 4.60. The van der Waals surface area contributed by atoms with Gasteiger partial charge in [-0.2, -0.15) is 5.10 Å². The average Bonchev–Trinajstić information content (AvgIpc) is 2.76. The Morgan fingerprint density at radius 1 is 1.40 bits per heavy atom. The summed E-state index contributed by atoms with van der Waals surface area (Å²) in [6, 6.07) is 3.49. The molecule has 1 aromatic heterocycles. The molecule has 0 aliphatic heterocycles. The standard InChI is InChI=1S/C13H14F2N4O/c1-7(16)4-8-5-9(14)12(10(15)6-8)19-3-2-11(18-19)13(17)20/h2-3,5-7H,4,16H2,1H3,(H2,17,20). The van der Waals surface area contributed by atoms with Crippen molar-refractivity contribution in [2.24, 2.45) is 11.5 Å². The van der Waals surface area contributed by atoms with Gasteiger partial charge in [-0.3, -0.25) is 4.79 Å². The van der Waals surface area contributed by atoms with Crippen molar-refractivity contribution in [1.82, 2.24) is 9.78 Å².